The van der Waals surface area contributed by atoms with E-state index in [0.717, 1.165) is 39.4 Å². The van der Waals surface area contributed by atoms with Gasteiger partial charge in [0.15, 0.2) is 11.0 Å². The third kappa shape index (κ3) is 3.94. The van der Waals surface area contributed by atoms with Crippen molar-refractivity contribution < 1.29 is 9.26 Å². The van der Waals surface area contributed by atoms with E-state index in [9.17, 15) is 0 Å². The number of aromatic nitrogens is 4. The molecule has 2 aromatic carbocycles. The Balaban J connectivity index is 1.70. The van der Waals surface area contributed by atoms with Gasteiger partial charge in [-0.05, 0) is 38.1 Å². The van der Waals surface area contributed by atoms with E-state index in [0.29, 0.717) is 12.4 Å². The maximum atomic E-state index is 5.57. The molecule has 0 saturated carbocycles. The molecule has 0 N–H and O–H groups in total. The van der Waals surface area contributed by atoms with Gasteiger partial charge < -0.3 is 9.26 Å². The van der Waals surface area contributed by atoms with E-state index < -0.39 is 0 Å². The third-order valence-corrected chi connectivity index (χ3v) is 5.06. The Morgan fingerprint density at radius 1 is 1.04 bits per heavy atom. The molecule has 0 saturated heterocycles. The van der Waals surface area contributed by atoms with Gasteiger partial charge in [-0.2, -0.15) is 0 Å². The molecule has 0 fully saturated rings. The number of thioether (sulfide) groups is 1. The van der Waals surface area contributed by atoms with E-state index in [1.807, 2.05) is 74.5 Å². The van der Waals surface area contributed by atoms with Crippen molar-refractivity contribution in [3.8, 4) is 22.8 Å². The Labute approximate surface area is 167 Å². The molecule has 0 aliphatic carbocycles. The van der Waals surface area contributed by atoms with Crippen LogP contribution in [0.2, 0.25) is 0 Å². The van der Waals surface area contributed by atoms with Crippen LogP contribution in [0.4, 0.5) is 0 Å². The molecule has 7 heteroatoms. The van der Waals surface area contributed by atoms with Gasteiger partial charge in [0, 0.05) is 23.1 Å². The Hall–Kier alpha value is -3.06. The third-order valence-electron chi connectivity index (χ3n) is 4.10. The highest BCUT2D eigenvalue weighted by molar-refractivity contribution is 7.98. The monoisotopic (exact) mass is 392 g/mol. The van der Waals surface area contributed by atoms with Gasteiger partial charge in [-0.3, -0.25) is 4.57 Å². The molecule has 0 radical (unpaired) electrons. The number of hydrogen-bond donors (Lipinski definition) is 0. The van der Waals surface area contributed by atoms with Crippen LogP contribution in [0.15, 0.2) is 70.3 Å². The van der Waals surface area contributed by atoms with Crippen LogP contribution < -0.4 is 4.74 Å². The molecule has 6 nitrogen and oxygen atoms in total. The highest BCUT2D eigenvalue weighted by Gasteiger charge is 2.17. The average Bonchev–Trinajstić information content (AvgIpc) is 3.34. The predicted octanol–water partition coefficient (Wildman–Crippen LogP) is 4.92. The summed E-state index contributed by atoms with van der Waals surface area (Å²) in [6.45, 7) is 4.50. The molecule has 4 aromatic rings. The van der Waals surface area contributed by atoms with Gasteiger partial charge in [-0.25, -0.2) is 0 Å². The zero-order valence-corrected chi connectivity index (χ0v) is 16.5. The van der Waals surface area contributed by atoms with Gasteiger partial charge in [-0.15, -0.1) is 10.2 Å². The lowest BCUT2D eigenvalue weighted by molar-refractivity contribution is 0.340. The lowest BCUT2D eigenvalue weighted by atomic mass is 10.2. The second-order valence-corrected chi connectivity index (χ2v) is 7.09. The van der Waals surface area contributed by atoms with Crippen molar-refractivity contribution in [3.63, 3.8) is 0 Å². The minimum absolute atomic E-state index is 0.638. The van der Waals surface area contributed by atoms with Crippen LogP contribution in [-0.4, -0.2) is 26.5 Å². The van der Waals surface area contributed by atoms with Gasteiger partial charge in [0.25, 0.3) is 0 Å². The highest BCUT2D eigenvalue weighted by Crippen LogP contribution is 2.30. The van der Waals surface area contributed by atoms with Crippen molar-refractivity contribution in [3.05, 3.63) is 72.1 Å². The molecule has 2 aromatic heterocycles. The lowest BCUT2D eigenvalue weighted by Crippen LogP contribution is -2.00. The van der Waals surface area contributed by atoms with Crippen LogP contribution in [0.1, 0.15) is 18.4 Å². The molecule has 0 spiro atoms. The number of hydrogen-bond acceptors (Lipinski definition) is 6. The van der Waals surface area contributed by atoms with Crippen molar-refractivity contribution >= 4 is 11.8 Å². The second-order valence-electron chi connectivity index (χ2n) is 6.15. The summed E-state index contributed by atoms with van der Waals surface area (Å²) in [7, 11) is 0. The molecular formula is C21H20N4O2S. The number of aryl methyl sites for hydroxylation is 1. The van der Waals surface area contributed by atoms with E-state index in [4.69, 9.17) is 9.26 Å². The number of benzene rings is 2. The van der Waals surface area contributed by atoms with Gasteiger partial charge in [0.05, 0.1) is 12.3 Å². The zero-order chi connectivity index (χ0) is 19.3. The number of nitrogens with zero attached hydrogens (tertiary/aromatic N) is 4. The SMILES string of the molecule is CCOc1ccc(-n2c(SCc3cc(C)on3)nnc2-c2ccccc2)cc1. The first kappa shape index (κ1) is 18.3. The summed E-state index contributed by atoms with van der Waals surface area (Å²) in [5.41, 5.74) is 2.86. The Morgan fingerprint density at radius 2 is 1.82 bits per heavy atom. The molecule has 0 atom stereocenters. The van der Waals surface area contributed by atoms with E-state index in [2.05, 4.69) is 19.9 Å². The van der Waals surface area contributed by atoms with E-state index in [1.165, 1.54) is 0 Å². The number of ether oxygens (including phenoxy) is 1. The van der Waals surface area contributed by atoms with Crippen molar-refractivity contribution in [2.24, 2.45) is 0 Å². The van der Waals surface area contributed by atoms with Crippen molar-refractivity contribution in [2.75, 3.05) is 6.61 Å². The first-order valence-corrected chi connectivity index (χ1v) is 10.0. The van der Waals surface area contributed by atoms with E-state index in [-0.39, 0.29) is 0 Å². The first-order valence-electron chi connectivity index (χ1n) is 9.03. The maximum absolute atomic E-state index is 5.57. The summed E-state index contributed by atoms with van der Waals surface area (Å²) in [4.78, 5) is 0. The summed E-state index contributed by atoms with van der Waals surface area (Å²) in [5.74, 6) is 3.09. The second kappa shape index (κ2) is 8.31. The van der Waals surface area contributed by atoms with Gasteiger partial charge in [0.1, 0.15) is 11.5 Å². The van der Waals surface area contributed by atoms with Crippen molar-refractivity contribution in [2.45, 2.75) is 24.8 Å². The Bertz CT molecular complexity index is 1040. The van der Waals surface area contributed by atoms with Crippen LogP contribution in [-0.2, 0) is 5.75 Å². The first-order chi connectivity index (χ1) is 13.7. The van der Waals surface area contributed by atoms with Crippen molar-refractivity contribution in [1.29, 1.82) is 0 Å². The molecule has 2 heterocycles. The minimum Gasteiger partial charge on any atom is -0.494 e. The smallest absolute Gasteiger partial charge is 0.196 e. The molecule has 142 valence electrons. The van der Waals surface area contributed by atoms with Gasteiger partial charge >= 0.3 is 0 Å². The van der Waals surface area contributed by atoms with E-state index in [1.54, 1.807) is 11.8 Å². The molecule has 0 bridgehead atoms. The van der Waals surface area contributed by atoms with Gasteiger partial charge in [0.2, 0.25) is 0 Å². The van der Waals surface area contributed by atoms with Crippen LogP contribution in [0, 0.1) is 6.92 Å². The van der Waals surface area contributed by atoms with Crippen LogP contribution in [0.25, 0.3) is 17.1 Å². The molecular weight excluding hydrogens is 372 g/mol. The van der Waals surface area contributed by atoms with Gasteiger partial charge in [-0.1, -0.05) is 47.3 Å². The molecule has 0 aliphatic rings. The highest BCUT2D eigenvalue weighted by atomic mass is 32.2. The molecule has 4 rings (SSSR count). The largest absolute Gasteiger partial charge is 0.494 e. The Morgan fingerprint density at radius 3 is 2.50 bits per heavy atom. The summed E-state index contributed by atoms with van der Waals surface area (Å²) >= 11 is 1.57. The predicted molar refractivity (Wildman–Crippen MR) is 109 cm³/mol. The fraction of sp³-hybridized carbons (Fsp3) is 0.190. The fourth-order valence-corrected chi connectivity index (χ4v) is 3.69. The summed E-state index contributed by atoms with van der Waals surface area (Å²) < 4.78 is 12.8. The average molecular weight is 392 g/mol. The van der Waals surface area contributed by atoms with Crippen LogP contribution >= 0.6 is 11.8 Å². The molecule has 0 aliphatic heterocycles. The normalized spacial score (nSPS) is 10.9. The lowest BCUT2D eigenvalue weighted by Gasteiger charge is -2.11. The number of rotatable bonds is 7. The van der Waals surface area contributed by atoms with Crippen LogP contribution in [0.3, 0.4) is 0 Å². The summed E-state index contributed by atoms with van der Waals surface area (Å²) in [5, 5.41) is 13.7. The fourth-order valence-electron chi connectivity index (χ4n) is 2.85. The molecule has 28 heavy (non-hydrogen) atoms. The summed E-state index contributed by atoms with van der Waals surface area (Å²) in [6, 6.07) is 19.9. The van der Waals surface area contributed by atoms with Crippen LogP contribution in [0.5, 0.6) is 5.75 Å². The topological polar surface area (TPSA) is 66.0 Å². The Kier molecular flexibility index (Phi) is 5.43. The maximum Gasteiger partial charge on any atom is 0.196 e. The molecule has 0 amide bonds. The quantitative estimate of drug-likeness (QED) is 0.416. The van der Waals surface area contributed by atoms with Crippen molar-refractivity contribution in [1.82, 2.24) is 19.9 Å². The minimum atomic E-state index is 0.638. The zero-order valence-electron chi connectivity index (χ0n) is 15.7. The standard InChI is InChI=1S/C21H20N4O2S/c1-3-26-19-11-9-18(10-12-19)25-20(16-7-5-4-6-8-16)22-23-21(25)28-14-17-13-15(2)27-24-17/h4-13H,3,14H2,1-2H3. The molecule has 0 unspecified atom stereocenters. The van der Waals surface area contributed by atoms with E-state index >= 15 is 0 Å². The summed E-state index contributed by atoms with van der Waals surface area (Å²) in [6.07, 6.45) is 0.